The zero-order valence-electron chi connectivity index (χ0n) is 9.08. The predicted molar refractivity (Wildman–Crippen MR) is 56.1 cm³/mol. The van der Waals surface area contributed by atoms with Gasteiger partial charge in [-0.15, -0.1) is 0 Å². The summed E-state index contributed by atoms with van der Waals surface area (Å²) in [6, 6.07) is 0. The van der Waals surface area contributed by atoms with Crippen molar-refractivity contribution in [1.29, 1.82) is 0 Å². The van der Waals surface area contributed by atoms with Crippen molar-refractivity contribution in [2.45, 2.75) is 52.4 Å². The number of oxime groups is 1. The van der Waals surface area contributed by atoms with E-state index in [1.165, 1.54) is 32.1 Å². The largest absolute Gasteiger partial charge is 0.335 e. The number of hydrogen-bond acceptors (Lipinski definition) is 3. The van der Waals surface area contributed by atoms with Crippen molar-refractivity contribution in [2.24, 2.45) is 11.1 Å². The van der Waals surface area contributed by atoms with Crippen LogP contribution in [0.4, 0.5) is 0 Å². The molecule has 1 aliphatic carbocycles. The average molecular weight is 197 g/mol. The molecule has 14 heavy (non-hydrogen) atoms. The molecule has 1 rings (SSSR count). The summed E-state index contributed by atoms with van der Waals surface area (Å²) in [7, 11) is 0. The van der Waals surface area contributed by atoms with Crippen LogP contribution in [0.5, 0.6) is 0 Å². The van der Waals surface area contributed by atoms with Gasteiger partial charge in [-0.2, -0.15) is 0 Å². The normalized spacial score (nSPS) is 17.6. The lowest BCUT2D eigenvalue weighted by Crippen LogP contribution is -2.13. The van der Waals surface area contributed by atoms with Crippen molar-refractivity contribution in [3.63, 3.8) is 0 Å². The van der Waals surface area contributed by atoms with Crippen LogP contribution >= 0.6 is 0 Å². The second-order valence-electron chi connectivity index (χ2n) is 4.21. The smallest absolute Gasteiger partial charge is 0.318 e. The van der Waals surface area contributed by atoms with Gasteiger partial charge in [-0.25, -0.2) is 4.79 Å². The van der Waals surface area contributed by atoms with Crippen molar-refractivity contribution < 1.29 is 9.63 Å². The molecule has 3 heteroatoms. The van der Waals surface area contributed by atoms with Crippen LogP contribution in [-0.2, 0) is 9.63 Å². The summed E-state index contributed by atoms with van der Waals surface area (Å²) >= 11 is 0. The highest BCUT2D eigenvalue weighted by atomic mass is 16.7. The van der Waals surface area contributed by atoms with Crippen LogP contribution in [0.2, 0.25) is 0 Å². The first-order valence-electron chi connectivity index (χ1n) is 5.39. The van der Waals surface area contributed by atoms with Crippen LogP contribution in [0.1, 0.15) is 52.4 Å². The molecule has 80 valence electrons. The Morgan fingerprint density at radius 3 is 2.50 bits per heavy atom. The third-order valence-electron chi connectivity index (χ3n) is 2.51. The Morgan fingerprint density at radius 1 is 1.29 bits per heavy atom. The van der Waals surface area contributed by atoms with Crippen LogP contribution in [0.25, 0.3) is 0 Å². The molecule has 0 bridgehead atoms. The molecule has 0 radical (unpaired) electrons. The van der Waals surface area contributed by atoms with E-state index in [0.717, 1.165) is 5.71 Å². The summed E-state index contributed by atoms with van der Waals surface area (Å²) in [6.45, 7) is 3.63. The van der Waals surface area contributed by atoms with E-state index in [2.05, 4.69) is 5.16 Å². The van der Waals surface area contributed by atoms with E-state index in [1.54, 1.807) is 0 Å². The lowest BCUT2D eigenvalue weighted by Gasteiger charge is -2.19. The number of carbonyl (C=O) groups excluding carboxylic acids is 1. The Morgan fingerprint density at radius 2 is 1.93 bits per heavy atom. The molecule has 0 amide bonds. The Bertz CT molecular complexity index is 213. The maximum Gasteiger partial charge on any atom is 0.335 e. The maximum atomic E-state index is 11.3. The topological polar surface area (TPSA) is 38.7 Å². The minimum absolute atomic E-state index is 0.182. The lowest BCUT2D eigenvalue weighted by molar-refractivity contribution is -0.145. The van der Waals surface area contributed by atoms with E-state index in [-0.39, 0.29) is 5.97 Å². The zero-order valence-corrected chi connectivity index (χ0v) is 9.08. The van der Waals surface area contributed by atoms with E-state index in [0.29, 0.717) is 12.3 Å². The third-order valence-corrected chi connectivity index (χ3v) is 2.51. The lowest BCUT2D eigenvalue weighted by atomic mass is 9.87. The Hall–Kier alpha value is -0.860. The molecule has 0 spiro atoms. The van der Waals surface area contributed by atoms with Gasteiger partial charge in [0.15, 0.2) is 0 Å². The van der Waals surface area contributed by atoms with E-state index in [1.807, 2.05) is 13.8 Å². The van der Waals surface area contributed by atoms with Crippen LogP contribution in [0.15, 0.2) is 5.16 Å². The van der Waals surface area contributed by atoms with Crippen molar-refractivity contribution in [3.8, 4) is 0 Å². The number of carbonyl (C=O) groups is 1. The molecule has 1 saturated carbocycles. The SMILES string of the molecule is CC(C)=NOC(=O)CC1CCCCC1. The summed E-state index contributed by atoms with van der Waals surface area (Å²) in [6.07, 6.45) is 6.71. The van der Waals surface area contributed by atoms with Crippen LogP contribution in [0.3, 0.4) is 0 Å². The first-order valence-corrected chi connectivity index (χ1v) is 5.39. The molecule has 0 atom stereocenters. The van der Waals surface area contributed by atoms with Crippen molar-refractivity contribution in [3.05, 3.63) is 0 Å². The van der Waals surface area contributed by atoms with Crippen LogP contribution in [0, 0.1) is 5.92 Å². The van der Waals surface area contributed by atoms with Gasteiger partial charge in [0.05, 0.1) is 12.1 Å². The third kappa shape index (κ3) is 4.40. The molecular weight excluding hydrogens is 178 g/mol. The second kappa shape index (κ2) is 5.78. The molecule has 0 unspecified atom stereocenters. The first-order chi connectivity index (χ1) is 6.68. The van der Waals surface area contributed by atoms with Gasteiger partial charge in [0.1, 0.15) is 0 Å². The second-order valence-corrected chi connectivity index (χ2v) is 4.21. The van der Waals surface area contributed by atoms with Gasteiger partial charge >= 0.3 is 5.97 Å². The number of hydrogen-bond donors (Lipinski definition) is 0. The van der Waals surface area contributed by atoms with Gasteiger partial charge < -0.3 is 4.84 Å². The molecule has 1 aliphatic rings. The highest BCUT2D eigenvalue weighted by Crippen LogP contribution is 2.26. The van der Waals surface area contributed by atoms with Crippen LogP contribution < -0.4 is 0 Å². The van der Waals surface area contributed by atoms with Crippen molar-refractivity contribution >= 4 is 11.7 Å². The van der Waals surface area contributed by atoms with Gasteiger partial charge in [0.25, 0.3) is 0 Å². The number of rotatable bonds is 3. The highest BCUT2D eigenvalue weighted by molar-refractivity contribution is 5.79. The van der Waals surface area contributed by atoms with Gasteiger partial charge in [0.2, 0.25) is 0 Å². The quantitative estimate of drug-likeness (QED) is 0.396. The minimum atomic E-state index is -0.182. The summed E-state index contributed by atoms with van der Waals surface area (Å²) in [5.74, 6) is 0.349. The molecule has 0 heterocycles. The van der Waals surface area contributed by atoms with E-state index in [4.69, 9.17) is 4.84 Å². The summed E-state index contributed by atoms with van der Waals surface area (Å²) in [5, 5.41) is 3.66. The fourth-order valence-corrected chi connectivity index (χ4v) is 1.81. The highest BCUT2D eigenvalue weighted by Gasteiger charge is 2.17. The van der Waals surface area contributed by atoms with E-state index in [9.17, 15) is 4.79 Å². The average Bonchev–Trinajstić information content (AvgIpc) is 2.16. The van der Waals surface area contributed by atoms with E-state index < -0.39 is 0 Å². The molecule has 0 N–H and O–H groups in total. The van der Waals surface area contributed by atoms with Gasteiger partial charge in [0, 0.05) is 0 Å². The Kier molecular flexibility index (Phi) is 4.63. The molecule has 3 nitrogen and oxygen atoms in total. The molecule has 0 saturated heterocycles. The molecule has 1 fully saturated rings. The molecule has 0 aliphatic heterocycles. The molecule has 0 aromatic heterocycles. The Labute approximate surface area is 85.5 Å². The van der Waals surface area contributed by atoms with Crippen molar-refractivity contribution in [2.75, 3.05) is 0 Å². The fourth-order valence-electron chi connectivity index (χ4n) is 1.81. The van der Waals surface area contributed by atoms with Gasteiger partial charge in [-0.05, 0) is 32.6 Å². The maximum absolute atomic E-state index is 11.3. The Balaban J connectivity index is 2.22. The summed E-state index contributed by atoms with van der Waals surface area (Å²) in [4.78, 5) is 16.0. The van der Waals surface area contributed by atoms with Gasteiger partial charge in [-0.3, -0.25) is 0 Å². The fraction of sp³-hybridized carbons (Fsp3) is 0.818. The van der Waals surface area contributed by atoms with Crippen LogP contribution in [-0.4, -0.2) is 11.7 Å². The van der Waals surface area contributed by atoms with Crippen molar-refractivity contribution in [1.82, 2.24) is 0 Å². The predicted octanol–water partition coefficient (Wildman–Crippen LogP) is 2.90. The number of nitrogens with zero attached hydrogens (tertiary/aromatic N) is 1. The summed E-state index contributed by atoms with van der Waals surface area (Å²) < 4.78 is 0. The van der Waals surface area contributed by atoms with E-state index >= 15 is 0 Å². The molecular formula is C11H19NO2. The molecule has 0 aromatic rings. The zero-order chi connectivity index (χ0) is 10.4. The van der Waals surface area contributed by atoms with Gasteiger partial charge in [-0.1, -0.05) is 24.4 Å². The standard InChI is InChI=1S/C11H19NO2/c1-9(2)12-14-11(13)8-10-6-4-3-5-7-10/h10H,3-8H2,1-2H3. The minimum Gasteiger partial charge on any atom is -0.318 e. The first kappa shape index (κ1) is 11.2. The summed E-state index contributed by atoms with van der Waals surface area (Å²) in [5.41, 5.74) is 0.780. The monoisotopic (exact) mass is 197 g/mol. The molecule has 0 aromatic carbocycles.